The molecular weight excluding hydrogens is 399 g/mol. The van der Waals surface area contributed by atoms with Gasteiger partial charge in [0, 0.05) is 31.9 Å². The van der Waals surface area contributed by atoms with Crippen molar-refractivity contribution in [3.8, 4) is 0 Å². The van der Waals surface area contributed by atoms with Crippen molar-refractivity contribution in [2.75, 3.05) is 24.7 Å². The van der Waals surface area contributed by atoms with E-state index in [-0.39, 0.29) is 48.8 Å². The van der Waals surface area contributed by atoms with Crippen LogP contribution in [0.1, 0.15) is 24.8 Å². The second kappa shape index (κ2) is 9.11. The van der Waals surface area contributed by atoms with Crippen molar-refractivity contribution < 1.29 is 27.5 Å². The summed E-state index contributed by atoms with van der Waals surface area (Å²) in [6.45, 7) is 1.25. The van der Waals surface area contributed by atoms with Crippen LogP contribution in [0.3, 0.4) is 0 Å². The third-order valence-electron chi connectivity index (χ3n) is 5.03. The first-order valence-corrected chi connectivity index (χ1v) is 8.87. The van der Waals surface area contributed by atoms with Crippen molar-refractivity contribution >= 4 is 29.9 Å². The number of hydrogen-bond acceptors (Lipinski definition) is 4. The molecule has 6 nitrogen and oxygen atoms in total. The Labute approximate surface area is 167 Å². The lowest BCUT2D eigenvalue weighted by molar-refractivity contribution is -0.137. The van der Waals surface area contributed by atoms with Crippen LogP contribution in [-0.2, 0) is 20.5 Å². The molecule has 0 radical (unpaired) electrons. The van der Waals surface area contributed by atoms with Crippen molar-refractivity contribution in [2.24, 2.45) is 11.7 Å². The van der Waals surface area contributed by atoms with E-state index in [4.69, 9.17) is 10.5 Å². The van der Waals surface area contributed by atoms with Gasteiger partial charge in [0.2, 0.25) is 11.8 Å². The van der Waals surface area contributed by atoms with E-state index in [0.717, 1.165) is 12.1 Å². The summed E-state index contributed by atoms with van der Waals surface area (Å²) in [5.41, 5.74) is 5.38. The predicted molar refractivity (Wildman–Crippen MR) is 99.1 cm³/mol. The van der Waals surface area contributed by atoms with Crippen molar-refractivity contribution in [3.63, 3.8) is 0 Å². The summed E-state index contributed by atoms with van der Waals surface area (Å²) in [4.78, 5) is 25.9. The molecule has 2 amide bonds. The molecule has 1 aromatic rings. The summed E-state index contributed by atoms with van der Waals surface area (Å²) in [6.07, 6.45) is -3.05. The molecule has 2 fully saturated rings. The van der Waals surface area contributed by atoms with E-state index in [0.29, 0.717) is 26.1 Å². The van der Waals surface area contributed by atoms with Gasteiger partial charge in [-0.15, -0.1) is 12.4 Å². The molecule has 156 valence electrons. The van der Waals surface area contributed by atoms with E-state index in [1.54, 1.807) is 0 Å². The van der Waals surface area contributed by atoms with Crippen LogP contribution in [0.15, 0.2) is 24.3 Å². The van der Waals surface area contributed by atoms with Crippen molar-refractivity contribution in [2.45, 2.75) is 37.5 Å². The van der Waals surface area contributed by atoms with Crippen LogP contribution in [0, 0.1) is 5.92 Å². The zero-order valence-electron chi connectivity index (χ0n) is 15.1. The van der Waals surface area contributed by atoms with E-state index in [2.05, 4.69) is 5.32 Å². The number of nitrogens with one attached hydrogen (secondary N) is 1. The summed E-state index contributed by atoms with van der Waals surface area (Å²) in [6, 6.07) is 3.44. The second-order valence-electron chi connectivity index (χ2n) is 6.94. The molecule has 0 bridgehead atoms. The number of amides is 2. The lowest BCUT2D eigenvalue weighted by atomic mass is 9.91. The molecule has 3 rings (SSSR count). The molecule has 0 aromatic heterocycles. The molecule has 1 aromatic carbocycles. The zero-order valence-corrected chi connectivity index (χ0v) is 15.9. The highest BCUT2D eigenvalue weighted by molar-refractivity contribution is 5.97. The SMILES string of the molecule is Cl.NC(C(=O)NC1CC(=O)N(c2cccc(C(F)(F)F)c2)C1)C1CCOCC1. The normalized spacial score (nSPS) is 21.9. The monoisotopic (exact) mass is 421 g/mol. The Morgan fingerprint density at radius 3 is 2.61 bits per heavy atom. The Morgan fingerprint density at radius 2 is 1.96 bits per heavy atom. The Kier molecular flexibility index (Phi) is 7.30. The molecule has 10 heteroatoms. The highest BCUT2D eigenvalue weighted by atomic mass is 35.5. The average molecular weight is 422 g/mol. The standard InChI is InChI=1S/C18H22F3N3O3.ClH/c19-18(20,21)12-2-1-3-14(8-12)24-10-13(9-15(24)25)23-17(26)16(22)11-4-6-27-7-5-11;/h1-3,8,11,13,16H,4-7,9-10,22H2,(H,23,26);1H. The van der Waals surface area contributed by atoms with Crippen LogP contribution >= 0.6 is 12.4 Å². The summed E-state index contributed by atoms with van der Waals surface area (Å²) >= 11 is 0. The minimum Gasteiger partial charge on any atom is -0.381 e. The van der Waals surface area contributed by atoms with Gasteiger partial charge in [0.1, 0.15) is 0 Å². The number of nitrogens with zero attached hydrogens (tertiary/aromatic N) is 1. The molecule has 3 N–H and O–H groups in total. The maximum Gasteiger partial charge on any atom is 0.416 e. The third-order valence-corrected chi connectivity index (χ3v) is 5.03. The average Bonchev–Trinajstić information content (AvgIpc) is 3.01. The van der Waals surface area contributed by atoms with Gasteiger partial charge in [-0.25, -0.2) is 0 Å². The molecule has 2 heterocycles. The molecule has 2 saturated heterocycles. The smallest absolute Gasteiger partial charge is 0.381 e. The van der Waals surface area contributed by atoms with Crippen LogP contribution in [0.25, 0.3) is 0 Å². The summed E-state index contributed by atoms with van der Waals surface area (Å²) < 4.78 is 43.9. The zero-order chi connectivity index (χ0) is 19.6. The quantitative estimate of drug-likeness (QED) is 0.779. The number of rotatable bonds is 4. The van der Waals surface area contributed by atoms with Gasteiger partial charge in [-0.1, -0.05) is 6.07 Å². The second-order valence-corrected chi connectivity index (χ2v) is 6.94. The fraction of sp³-hybridized carbons (Fsp3) is 0.556. The fourth-order valence-corrected chi connectivity index (χ4v) is 3.49. The van der Waals surface area contributed by atoms with Crippen molar-refractivity contribution in [3.05, 3.63) is 29.8 Å². The van der Waals surface area contributed by atoms with E-state index < -0.39 is 23.8 Å². The number of nitrogens with two attached hydrogens (primary N) is 1. The van der Waals surface area contributed by atoms with Gasteiger partial charge >= 0.3 is 6.18 Å². The number of carbonyl (C=O) groups is 2. The van der Waals surface area contributed by atoms with Gasteiger partial charge in [0.15, 0.2) is 0 Å². The fourth-order valence-electron chi connectivity index (χ4n) is 3.49. The minimum absolute atomic E-state index is 0. The van der Waals surface area contributed by atoms with Crippen LogP contribution in [-0.4, -0.2) is 43.7 Å². The van der Waals surface area contributed by atoms with Gasteiger partial charge in [-0.3, -0.25) is 9.59 Å². The molecule has 0 aliphatic carbocycles. The van der Waals surface area contributed by atoms with E-state index in [1.165, 1.54) is 17.0 Å². The molecule has 0 saturated carbocycles. The Hall–Kier alpha value is -1.84. The number of benzene rings is 1. The topological polar surface area (TPSA) is 84.7 Å². The first-order valence-electron chi connectivity index (χ1n) is 8.87. The first kappa shape index (κ1) is 22.4. The van der Waals surface area contributed by atoms with Gasteiger partial charge in [0.05, 0.1) is 17.6 Å². The summed E-state index contributed by atoms with van der Waals surface area (Å²) in [5.74, 6) is -0.653. The van der Waals surface area contributed by atoms with Crippen LogP contribution in [0.4, 0.5) is 18.9 Å². The predicted octanol–water partition coefficient (Wildman–Crippen LogP) is 2.10. The number of ether oxygens (including phenoxy) is 1. The molecular formula is C18H23ClF3N3O3. The first-order chi connectivity index (χ1) is 12.8. The lowest BCUT2D eigenvalue weighted by Gasteiger charge is -2.27. The maximum absolute atomic E-state index is 12.9. The molecule has 0 spiro atoms. The summed E-state index contributed by atoms with van der Waals surface area (Å²) in [5, 5.41) is 2.76. The molecule has 28 heavy (non-hydrogen) atoms. The maximum atomic E-state index is 12.9. The minimum atomic E-state index is -4.48. The third kappa shape index (κ3) is 5.15. The Morgan fingerprint density at radius 1 is 1.29 bits per heavy atom. The lowest BCUT2D eigenvalue weighted by Crippen LogP contribution is -2.50. The Bertz CT molecular complexity index is 711. The van der Waals surface area contributed by atoms with Crippen molar-refractivity contribution in [1.29, 1.82) is 0 Å². The number of carbonyl (C=O) groups excluding carboxylic acids is 2. The molecule has 2 aliphatic heterocycles. The van der Waals surface area contributed by atoms with Gasteiger partial charge in [0.25, 0.3) is 0 Å². The van der Waals surface area contributed by atoms with Crippen LogP contribution in [0.5, 0.6) is 0 Å². The van der Waals surface area contributed by atoms with Crippen LogP contribution < -0.4 is 16.0 Å². The highest BCUT2D eigenvalue weighted by Crippen LogP contribution is 2.32. The largest absolute Gasteiger partial charge is 0.416 e. The number of alkyl halides is 3. The molecule has 2 unspecified atom stereocenters. The highest BCUT2D eigenvalue weighted by Gasteiger charge is 2.36. The number of hydrogen-bond donors (Lipinski definition) is 2. The van der Waals surface area contributed by atoms with Gasteiger partial charge in [-0.05, 0) is 37.0 Å². The van der Waals surface area contributed by atoms with Crippen molar-refractivity contribution in [1.82, 2.24) is 5.32 Å². The van der Waals surface area contributed by atoms with Gasteiger partial charge < -0.3 is 20.7 Å². The molecule has 2 atom stereocenters. The van der Waals surface area contributed by atoms with E-state index in [9.17, 15) is 22.8 Å². The number of halogens is 4. The van der Waals surface area contributed by atoms with Gasteiger partial charge in [-0.2, -0.15) is 13.2 Å². The van der Waals surface area contributed by atoms with E-state index >= 15 is 0 Å². The van der Waals surface area contributed by atoms with E-state index in [1.807, 2.05) is 0 Å². The molecule has 2 aliphatic rings. The summed E-state index contributed by atoms with van der Waals surface area (Å²) in [7, 11) is 0. The van der Waals surface area contributed by atoms with Crippen LogP contribution in [0.2, 0.25) is 0 Å². The Balaban J connectivity index is 0.00000280. The number of anilines is 1.